The van der Waals surface area contributed by atoms with Gasteiger partial charge >= 0.3 is 0 Å². The molecule has 2 heteroatoms. The molecule has 0 atom stereocenters. The number of fused-ring (bicyclic) bond motifs is 3. The van der Waals surface area contributed by atoms with E-state index in [4.69, 9.17) is 0 Å². The number of aromatic nitrogens is 2. The van der Waals surface area contributed by atoms with Crippen LogP contribution in [0.5, 0.6) is 0 Å². The fourth-order valence-corrected chi connectivity index (χ4v) is 2.13. The summed E-state index contributed by atoms with van der Waals surface area (Å²) in [5.74, 6) is 0.566. The Balaban J connectivity index is 2.40. The van der Waals surface area contributed by atoms with Crippen molar-refractivity contribution in [3.8, 4) is 0 Å². The average molecular weight is 210 g/mol. The van der Waals surface area contributed by atoms with Crippen LogP contribution < -0.4 is 0 Å². The molecule has 0 bridgehead atoms. The van der Waals surface area contributed by atoms with Crippen LogP contribution in [0.1, 0.15) is 25.3 Å². The van der Waals surface area contributed by atoms with Crippen LogP contribution in [-0.4, -0.2) is 9.97 Å². The van der Waals surface area contributed by atoms with E-state index in [-0.39, 0.29) is 0 Å². The van der Waals surface area contributed by atoms with Crippen molar-refractivity contribution in [2.45, 2.75) is 19.8 Å². The van der Waals surface area contributed by atoms with Gasteiger partial charge in [0.2, 0.25) is 0 Å². The minimum atomic E-state index is 0.566. The van der Waals surface area contributed by atoms with E-state index in [0.717, 1.165) is 5.52 Å². The second-order valence-electron chi connectivity index (χ2n) is 4.51. The Morgan fingerprint density at radius 1 is 1.06 bits per heavy atom. The molecule has 0 fully saturated rings. The van der Waals surface area contributed by atoms with Crippen LogP contribution in [0.15, 0.2) is 36.7 Å². The molecular formula is C14H14N2. The summed E-state index contributed by atoms with van der Waals surface area (Å²) in [7, 11) is 0. The third-order valence-electron chi connectivity index (χ3n) is 3.09. The van der Waals surface area contributed by atoms with Gasteiger partial charge in [0.1, 0.15) is 0 Å². The van der Waals surface area contributed by atoms with Crippen LogP contribution in [-0.2, 0) is 0 Å². The highest BCUT2D eigenvalue weighted by Crippen LogP contribution is 2.27. The molecule has 3 rings (SSSR count). The lowest BCUT2D eigenvalue weighted by molar-refractivity contribution is 0.869. The second-order valence-corrected chi connectivity index (χ2v) is 4.51. The van der Waals surface area contributed by atoms with E-state index >= 15 is 0 Å². The Hall–Kier alpha value is -1.83. The van der Waals surface area contributed by atoms with Crippen molar-refractivity contribution < 1.29 is 0 Å². The topological polar surface area (TPSA) is 28.7 Å². The van der Waals surface area contributed by atoms with E-state index in [1.807, 2.05) is 12.4 Å². The van der Waals surface area contributed by atoms with E-state index in [9.17, 15) is 0 Å². The zero-order chi connectivity index (χ0) is 11.1. The van der Waals surface area contributed by atoms with Gasteiger partial charge in [-0.15, -0.1) is 0 Å². The third kappa shape index (κ3) is 1.30. The van der Waals surface area contributed by atoms with Crippen LogP contribution in [0.25, 0.3) is 21.8 Å². The van der Waals surface area contributed by atoms with Gasteiger partial charge < -0.3 is 4.98 Å². The average Bonchev–Trinajstić information content (AvgIpc) is 2.66. The summed E-state index contributed by atoms with van der Waals surface area (Å²) >= 11 is 0. The van der Waals surface area contributed by atoms with Gasteiger partial charge in [-0.3, -0.25) is 4.98 Å². The first kappa shape index (κ1) is 9.40. The summed E-state index contributed by atoms with van der Waals surface area (Å²) in [5, 5.41) is 2.55. The Morgan fingerprint density at radius 2 is 1.94 bits per heavy atom. The van der Waals surface area contributed by atoms with Gasteiger partial charge in [0, 0.05) is 22.5 Å². The highest BCUT2D eigenvalue weighted by Gasteiger charge is 2.06. The standard InChI is InChI=1S/C14H14N2/c1-9(2)10-3-4-13-12(7-10)11-5-6-15-8-14(11)16-13/h3-9,16H,1-2H3. The lowest BCUT2D eigenvalue weighted by Crippen LogP contribution is -1.85. The number of nitrogens with zero attached hydrogens (tertiary/aromatic N) is 1. The Labute approximate surface area is 94.3 Å². The van der Waals surface area contributed by atoms with Gasteiger partial charge in [0.15, 0.2) is 0 Å². The molecular weight excluding hydrogens is 196 g/mol. The number of aromatic amines is 1. The predicted molar refractivity (Wildman–Crippen MR) is 67.7 cm³/mol. The molecule has 2 heterocycles. The maximum atomic E-state index is 4.13. The second kappa shape index (κ2) is 3.34. The van der Waals surface area contributed by atoms with Crippen molar-refractivity contribution in [3.63, 3.8) is 0 Å². The molecule has 0 saturated heterocycles. The van der Waals surface area contributed by atoms with Crippen molar-refractivity contribution in [1.82, 2.24) is 9.97 Å². The van der Waals surface area contributed by atoms with Crippen molar-refractivity contribution >= 4 is 21.8 Å². The van der Waals surface area contributed by atoms with E-state index < -0.39 is 0 Å². The number of benzene rings is 1. The molecule has 0 saturated carbocycles. The molecule has 16 heavy (non-hydrogen) atoms. The molecule has 0 radical (unpaired) electrons. The molecule has 1 aromatic carbocycles. The van der Waals surface area contributed by atoms with Gasteiger partial charge in [-0.1, -0.05) is 19.9 Å². The maximum absolute atomic E-state index is 4.13. The molecule has 0 amide bonds. The SMILES string of the molecule is CC(C)c1ccc2[nH]c3cnccc3c2c1. The zero-order valence-electron chi connectivity index (χ0n) is 9.49. The molecule has 0 aliphatic rings. The molecule has 0 aliphatic heterocycles. The molecule has 0 unspecified atom stereocenters. The molecule has 1 N–H and O–H groups in total. The van der Waals surface area contributed by atoms with Crippen LogP contribution in [0, 0.1) is 0 Å². The van der Waals surface area contributed by atoms with Gasteiger partial charge in [-0.2, -0.15) is 0 Å². The normalized spacial score (nSPS) is 11.7. The summed E-state index contributed by atoms with van der Waals surface area (Å²) in [4.78, 5) is 7.52. The number of hydrogen-bond donors (Lipinski definition) is 1. The van der Waals surface area contributed by atoms with Crippen molar-refractivity contribution in [2.75, 3.05) is 0 Å². The first-order chi connectivity index (χ1) is 7.75. The quantitative estimate of drug-likeness (QED) is 0.649. The van der Waals surface area contributed by atoms with Crippen LogP contribution in [0.4, 0.5) is 0 Å². The Bertz CT molecular complexity index is 650. The smallest absolute Gasteiger partial charge is 0.0651 e. The summed E-state index contributed by atoms with van der Waals surface area (Å²) in [6.45, 7) is 4.44. The van der Waals surface area contributed by atoms with E-state index in [0.29, 0.717) is 5.92 Å². The first-order valence-corrected chi connectivity index (χ1v) is 5.61. The van der Waals surface area contributed by atoms with E-state index in [1.54, 1.807) is 0 Å². The summed E-state index contributed by atoms with van der Waals surface area (Å²) < 4.78 is 0. The van der Waals surface area contributed by atoms with Gasteiger partial charge in [-0.25, -0.2) is 0 Å². The highest BCUT2D eigenvalue weighted by molar-refractivity contribution is 6.07. The highest BCUT2D eigenvalue weighted by atomic mass is 14.7. The molecule has 3 aromatic rings. The summed E-state index contributed by atoms with van der Waals surface area (Å²) in [5.41, 5.74) is 3.68. The molecule has 80 valence electrons. The monoisotopic (exact) mass is 210 g/mol. The number of nitrogens with one attached hydrogen (secondary N) is 1. The largest absolute Gasteiger partial charge is 0.353 e. The number of rotatable bonds is 1. The Morgan fingerprint density at radius 3 is 2.75 bits per heavy atom. The fourth-order valence-electron chi connectivity index (χ4n) is 2.13. The predicted octanol–water partition coefficient (Wildman–Crippen LogP) is 3.84. The van der Waals surface area contributed by atoms with Crippen molar-refractivity contribution in [2.24, 2.45) is 0 Å². The Kier molecular flexibility index (Phi) is 1.96. The number of pyridine rings is 1. The van der Waals surface area contributed by atoms with E-state index in [1.165, 1.54) is 21.9 Å². The van der Waals surface area contributed by atoms with E-state index in [2.05, 4.69) is 48.1 Å². The summed E-state index contributed by atoms with van der Waals surface area (Å²) in [6.07, 6.45) is 3.72. The lowest BCUT2D eigenvalue weighted by Gasteiger charge is -2.04. The minimum absolute atomic E-state index is 0.566. The third-order valence-corrected chi connectivity index (χ3v) is 3.09. The molecule has 0 spiro atoms. The van der Waals surface area contributed by atoms with Crippen LogP contribution in [0.2, 0.25) is 0 Å². The minimum Gasteiger partial charge on any atom is -0.353 e. The van der Waals surface area contributed by atoms with Gasteiger partial charge in [0.05, 0.1) is 11.7 Å². The maximum Gasteiger partial charge on any atom is 0.0651 e. The first-order valence-electron chi connectivity index (χ1n) is 5.61. The number of hydrogen-bond acceptors (Lipinski definition) is 1. The van der Waals surface area contributed by atoms with Crippen molar-refractivity contribution in [1.29, 1.82) is 0 Å². The summed E-state index contributed by atoms with van der Waals surface area (Å²) in [6, 6.07) is 8.69. The lowest BCUT2D eigenvalue weighted by atomic mass is 10.0. The molecule has 0 aliphatic carbocycles. The molecule has 2 nitrogen and oxygen atoms in total. The zero-order valence-corrected chi connectivity index (χ0v) is 9.49. The van der Waals surface area contributed by atoms with Crippen LogP contribution >= 0.6 is 0 Å². The fraction of sp³-hybridized carbons (Fsp3) is 0.214. The van der Waals surface area contributed by atoms with Gasteiger partial charge in [0.25, 0.3) is 0 Å². The van der Waals surface area contributed by atoms with Crippen LogP contribution in [0.3, 0.4) is 0 Å². The number of H-pyrrole nitrogens is 1. The van der Waals surface area contributed by atoms with Crippen molar-refractivity contribution in [3.05, 3.63) is 42.2 Å². The molecule has 2 aromatic heterocycles. The van der Waals surface area contributed by atoms with Gasteiger partial charge in [-0.05, 0) is 29.7 Å².